The van der Waals surface area contributed by atoms with Crippen LogP contribution in [-0.2, 0) is 4.79 Å². The minimum Gasteiger partial charge on any atom is -0.397 e. The van der Waals surface area contributed by atoms with Crippen molar-refractivity contribution in [1.82, 2.24) is 15.2 Å². The first-order valence-corrected chi connectivity index (χ1v) is 6.08. The number of piperazine rings is 1. The summed E-state index contributed by atoms with van der Waals surface area (Å²) in [4.78, 5) is 19.9. The average Bonchev–Trinajstić information content (AvgIpc) is 2.40. The normalized spacial score (nSPS) is 16.6. The molecule has 1 fully saturated rings. The molecule has 18 heavy (non-hydrogen) atoms. The molecule has 0 radical (unpaired) electrons. The molecule has 0 saturated carbocycles. The Morgan fingerprint density at radius 3 is 2.67 bits per heavy atom. The van der Waals surface area contributed by atoms with Gasteiger partial charge in [-0.2, -0.15) is 0 Å². The highest BCUT2D eigenvalue weighted by molar-refractivity contribution is 5.77. The molecule has 0 aromatic carbocycles. The van der Waals surface area contributed by atoms with Gasteiger partial charge in [0.25, 0.3) is 0 Å². The van der Waals surface area contributed by atoms with Crippen LogP contribution in [0, 0.1) is 0 Å². The number of nitrogens with zero attached hydrogens (tertiary/aromatic N) is 3. The van der Waals surface area contributed by atoms with Crippen LogP contribution < -0.4 is 16.0 Å². The van der Waals surface area contributed by atoms with Crippen LogP contribution in [0.15, 0.2) is 18.3 Å². The number of hydrogen-bond acceptors (Lipinski definition) is 5. The first-order valence-electron chi connectivity index (χ1n) is 6.08. The van der Waals surface area contributed by atoms with E-state index in [2.05, 4.69) is 20.1 Å². The fourth-order valence-electron chi connectivity index (χ4n) is 2.00. The van der Waals surface area contributed by atoms with Crippen LogP contribution in [0.4, 0.5) is 11.5 Å². The highest BCUT2D eigenvalue weighted by atomic mass is 16.1. The lowest BCUT2D eigenvalue weighted by Gasteiger charge is -2.34. The van der Waals surface area contributed by atoms with Crippen LogP contribution in [0.25, 0.3) is 0 Å². The van der Waals surface area contributed by atoms with Crippen molar-refractivity contribution in [2.45, 2.75) is 0 Å². The molecule has 0 spiro atoms. The van der Waals surface area contributed by atoms with Crippen LogP contribution in [0.5, 0.6) is 0 Å². The van der Waals surface area contributed by atoms with Gasteiger partial charge in [-0.15, -0.1) is 0 Å². The van der Waals surface area contributed by atoms with E-state index in [-0.39, 0.29) is 5.91 Å². The number of likely N-dealkylation sites (N-methyl/N-ethyl adjacent to an activating group) is 1. The maximum absolute atomic E-state index is 11.3. The number of carbonyl (C=O) groups excluding carboxylic acids is 1. The molecule has 0 aliphatic carbocycles. The van der Waals surface area contributed by atoms with Crippen molar-refractivity contribution in [2.24, 2.45) is 0 Å². The number of amides is 1. The summed E-state index contributed by atoms with van der Waals surface area (Å²) >= 11 is 0. The predicted octanol–water partition coefficient (Wildman–Crippen LogP) is -0.468. The Labute approximate surface area is 107 Å². The number of nitrogens with two attached hydrogens (primary N) is 1. The molecule has 0 bridgehead atoms. The second kappa shape index (κ2) is 5.68. The number of carbonyl (C=O) groups is 1. The van der Waals surface area contributed by atoms with Crippen molar-refractivity contribution in [1.29, 1.82) is 0 Å². The summed E-state index contributed by atoms with van der Waals surface area (Å²) in [6.07, 6.45) is 1.67. The van der Waals surface area contributed by atoms with Crippen molar-refractivity contribution < 1.29 is 4.79 Å². The summed E-state index contributed by atoms with van der Waals surface area (Å²) in [5.74, 6) is 1.01. The lowest BCUT2D eigenvalue weighted by atomic mass is 10.3. The third-order valence-electron chi connectivity index (χ3n) is 3.11. The van der Waals surface area contributed by atoms with Crippen LogP contribution in [0.1, 0.15) is 0 Å². The van der Waals surface area contributed by atoms with Crippen molar-refractivity contribution in [3.63, 3.8) is 0 Å². The minimum absolute atomic E-state index is 0.0639. The topological polar surface area (TPSA) is 74.5 Å². The number of nitrogen functional groups attached to an aromatic ring is 1. The zero-order valence-electron chi connectivity index (χ0n) is 10.6. The molecule has 1 aliphatic heterocycles. The largest absolute Gasteiger partial charge is 0.397 e. The summed E-state index contributed by atoms with van der Waals surface area (Å²) in [6, 6.07) is 3.79. The minimum atomic E-state index is 0.0639. The third-order valence-corrected chi connectivity index (χ3v) is 3.11. The van der Waals surface area contributed by atoms with Gasteiger partial charge in [-0.05, 0) is 12.1 Å². The zero-order valence-corrected chi connectivity index (χ0v) is 10.6. The van der Waals surface area contributed by atoms with Crippen molar-refractivity contribution in [2.75, 3.05) is 50.4 Å². The summed E-state index contributed by atoms with van der Waals surface area (Å²) in [5, 5.41) is 2.64. The Kier molecular flexibility index (Phi) is 3.99. The Balaban J connectivity index is 1.86. The van der Waals surface area contributed by atoms with Gasteiger partial charge in [0, 0.05) is 33.2 Å². The van der Waals surface area contributed by atoms with Gasteiger partial charge < -0.3 is 16.0 Å². The number of nitrogens with one attached hydrogen (secondary N) is 1. The lowest BCUT2D eigenvalue weighted by Crippen LogP contribution is -2.49. The van der Waals surface area contributed by atoms with E-state index in [1.807, 2.05) is 12.1 Å². The molecular weight excluding hydrogens is 230 g/mol. The van der Waals surface area contributed by atoms with Crippen LogP contribution >= 0.6 is 0 Å². The highest BCUT2D eigenvalue weighted by Crippen LogP contribution is 2.14. The number of aromatic nitrogens is 1. The average molecular weight is 249 g/mol. The second-order valence-corrected chi connectivity index (χ2v) is 4.39. The highest BCUT2D eigenvalue weighted by Gasteiger charge is 2.19. The molecule has 6 heteroatoms. The van der Waals surface area contributed by atoms with E-state index in [9.17, 15) is 4.79 Å². The molecule has 1 aliphatic rings. The van der Waals surface area contributed by atoms with Gasteiger partial charge in [0.1, 0.15) is 5.82 Å². The zero-order chi connectivity index (χ0) is 13.0. The van der Waals surface area contributed by atoms with E-state index in [1.54, 1.807) is 13.2 Å². The van der Waals surface area contributed by atoms with Crippen LogP contribution in [-0.4, -0.2) is 55.6 Å². The lowest BCUT2D eigenvalue weighted by molar-refractivity contribution is -0.121. The molecule has 1 saturated heterocycles. The first kappa shape index (κ1) is 12.6. The SMILES string of the molecule is CNC(=O)CN1CCN(c2ccc(N)cn2)CC1. The van der Waals surface area contributed by atoms with E-state index >= 15 is 0 Å². The molecule has 1 aromatic rings. The number of pyridine rings is 1. The van der Waals surface area contributed by atoms with E-state index in [4.69, 9.17) is 5.73 Å². The second-order valence-electron chi connectivity index (χ2n) is 4.39. The Hall–Kier alpha value is -1.82. The van der Waals surface area contributed by atoms with Gasteiger partial charge in [0.2, 0.25) is 5.91 Å². The summed E-state index contributed by atoms with van der Waals surface area (Å²) in [7, 11) is 1.66. The van der Waals surface area contributed by atoms with Gasteiger partial charge in [0.05, 0.1) is 18.4 Å². The monoisotopic (exact) mass is 249 g/mol. The van der Waals surface area contributed by atoms with Gasteiger partial charge in [-0.25, -0.2) is 4.98 Å². The van der Waals surface area contributed by atoms with Crippen molar-refractivity contribution in [3.05, 3.63) is 18.3 Å². The summed E-state index contributed by atoms with van der Waals surface area (Å²) in [5.41, 5.74) is 6.29. The first-order chi connectivity index (χ1) is 8.69. The number of hydrogen-bond donors (Lipinski definition) is 2. The quantitative estimate of drug-likeness (QED) is 0.757. The smallest absolute Gasteiger partial charge is 0.233 e. The predicted molar refractivity (Wildman–Crippen MR) is 71.4 cm³/mol. The van der Waals surface area contributed by atoms with E-state index in [0.717, 1.165) is 32.0 Å². The van der Waals surface area contributed by atoms with E-state index in [0.29, 0.717) is 12.2 Å². The van der Waals surface area contributed by atoms with E-state index in [1.165, 1.54) is 0 Å². The molecule has 0 atom stereocenters. The molecule has 3 N–H and O–H groups in total. The van der Waals surface area contributed by atoms with Crippen LogP contribution in [0.3, 0.4) is 0 Å². The molecule has 0 unspecified atom stereocenters. The molecule has 2 heterocycles. The van der Waals surface area contributed by atoms with Crippen LogP contribution in [0.2, 0.25) is 0 Å². The Morgan fingerprint density at radius 1 is 1.39 bits per heavy atom. The summed E-state index contributed by atoms with van der Waals surface area (Å²) in [6.45, 7) is 3.99. The van der Waals surface area contributed by atoms with Crippen molar-refractivity contribution in [3.8, 4) is 0 Å². The Morgan fingerprint density at radius 2 is 2.11 bits per heavy atom. The van der Waals surface area contributed by atoms with Gasteiger partial charge in [-0.1, -0.05) is 0 Å². The molecule has 6 nitrogen and oxygen atoms in total. The number of rotatable bonds is 3. The molecular formula is C12H19N5O. The fourth-order valence-corrected chi connectivity index (χ4v) is 2.00. The number of anilines is 2. The summed E-state index contributed by atoms with van der Waals surface area (Å²) < 4.78 is 0. The van der Waals surface area contributed by atoms with Gasteiger partial charge >= 0.3 is 0 Å². The molecule has 2 rings (SSSR count). The van der Waals surface area contributed by atoms with Gasteiger partial charge in [-0.3, -0.25) is 9.69 Å². The van der Waals surface area contributed by atoms with E-state index < -0.39 is 0 Å². The molecule has 98 valence electrons. The molecule has 1 amide bonds. The third kappa shape index (κ3) is 3.10. The van der Waals surface area contributed by atoms with Gasteiger partial charge in [0.15, 0.2) is 0 Å². The fraction of sp³-hybridized carbons (Fsp3) is 0.500. The van der Waals surface area contributed by atoms with Crippen molar-refractivity contribution >= 4 is 17.4 Å². The maximum atomic E-state index is 11.3. The Bertz CT molecular complexity index is 397. The maximum Gasteiger partial charge on any atom is 0.233 e. The standard InChI is InChI=1S/C12H19N5O/c1-14-12(18)9-16-4-6-17(7-5-16)11-3-2-10(13)8-15-11/h2-3,8H,4-7,9,13H2,1H3,(H,14,18). The molecule has 1 aromatic heterocycles.